The van der Waals surface area contributed by atoms with Crippen molar-refractivity contribution in [1.29, 1.82) is 0 Å². The fourth-order valence-electron chi connectivity index (χ4n) is 1.66. The van der Waals surface area contributed by atoms with E-state index in [4.69, 9.17) is 9.47 Å². The molecule has 0 aliphatic carbocycles. The van der Waals surface area contributed by atoms with Crippen molar-refractivity contribution < 1.29 is 28.3 Å². The van der Waals surface area contributed by atoms with Crippen LogP contribution in [0.25, 0.3) is 0 Å². The molecule has 0 N–H and O–H groups in total. The number of methoxy groups -OCH3 is 1. The van der Waals surface area contributed by atoms with Gasteiger partial charge in [0.2, 0.25) is 0 Å². The first kappa shape index (κ1) is 14.9. The van der Waals surface area contributed by atoms with Gasteiger partial charge < -0.3 is 9.47 Å². The molecule has 0 spiro atoms. The van der Waals surface area contributed by atoms with E-state index in [1.807, 2.05) is 30.3 Å². The number of rotatable bonds is 5. The predicted molar refractivity (Wildman–Crippen MR) is 67.0 cm³/mol. The summed E-state index contributed by atoms with van der Waals surface area (Å²) in [6, 6.07) is 19.3. The van der Waals surface area contributed by atoms with Gasteiger partial charge in [0, 0.05) is 12.9 Å². The summed E-state index contributed by atoms with van der Waals surface area (Å²) in [5.41, 5.74) is 2.38. The molecule has 18 heavy (non-hydrogen) atoms. The summed E-state index contributed by atoms with van der Waals surface area (Å²) in [5, 5.41) is 0. The minimum atomic E-state index is 0. The third-order valence-corrected chi connectivity index (χ3v) is 2.46. The van der Waals surface area contributed by atoms with Gasteiger partial charge in [-0.05, 0) is 6.42 Å². The van der Waals surface area contributed by atoms with Crippen molar-refractivity contribution in [2.24, 2.45) is 0 Å². The molecule has 2 aromatic carbocycles. The molecule has 88 valence electrons. The van der Waals surface area contributed by atoms with E-state index in [0.29, 0.717) is 0 Å². The molecule has 2 aromatic rings. The SMILES string of the molecule is COCOc1[c-]cccc1Cc1ccccc1.[Li+]. The van der Waals surface area contributed by atoms with Gasteiger partial charge in [-0.15, -0.1) is 11.6 Å². The van der Waals surface area contributed by atoms with Crippen LogP contribution in [0.15, 0.2) is 48.5 Å². The monoisotopic (exact) mass is 234 g/mol. The van der Waals surface area contributed by atoms with Crippen LogP contribution in [0.3, 0.4) is 0 Å². The summed E-state index contributed by atoms with van der Waals surface area (Å²) in [5.74, 6) is 0.762. The average Bonchev–Trinajstić information content (AvgIpc) is 2.39. The van der Waals surface area contributed by atoms with E-state index in [0.717, 1.165) is 17.7 Å². The molecule has 0 radical (unpaired) electrons. The molecule has 0 heterocycles. The van der Waals surface area contributed by atoms with Gasteiger partial charge in [0.1, 0.15) is 0 Å². The summed E-state index contributed by atoms with van der Waals surface area (Å²) >= 11 is 0. The van der Waals surface area contributed by atoms with E-state index >= 15 is 0 Å². The molecule has 0 amide bonds. The van der Waals surface area contributed by atoms with Gasteiger partial charge in [0.15, 0.2) is 6.79 Å². The Morgan fingerprint density at radius 1 is 1.06 bits per heavy atom. The van der Waals surface area contributed by atoms with E-state index in [2.05, 4.69) is 24.3 Å². The third kappa shape index (κ3) is 4.23. The van der Waals surface area contributed by atoms with Crippen LogP contribution in [-0.2, 0) is 11.2 Å². The van der Waals surface area contributed by atoms with Gasteiger partial charge in [-0.3, -0.25) is 0 Å². The molecular weight excluding hydrogens is 219 g/mol. The number of hydrogen-bond acceptors (Lipinski definition) is 2. The van der Waals surface area contributed by atoms with Crippen LogP contribution >= 0.6 is 0 Å². The number of hydrogen-bond donors (Lipinski definition) is 0. The van der Waals surface area contributed by atoms with Crippen LogP contribution in [0, 0.1) is 6.07 Å². The molecule has 2 nitrogen and oxygen atoms in total. The topological polar surface area (TPSA) is 18.5 Å². The van der Waals surface area contributed by atoms with E-state index in [-0.39, 0.29) is 25.7 Å². The maximum atomic E-state index is 5.48. The Kier molecular flexibility index (Phi) is 6.60. The minimum absolute atomic E-state index is 0. The van der Waals surface area contributed by atoms with Crippen molar-refractivity contribution in [3.8, 4) is 5.75 Å². The number of ether oxygens (including phenoxy) is 2. The van der Waals surface area contributed by atoms with Crippen molar-refractivity contribution in [3.05, 3.63) is 65.7 Å². The van der Waals surface area contributed by atoms with Crippen molar-refractivity contribution in [3.63, 3.8) is 0 Å². The second kappa shape index (κ2) is 8.00. The number of benzene rings is 2. The Morgan fingerprint density at radius 2 is 1.83 bits per heavy atom. The van der Waals surface area contributed by atoms with Crippen LogP contribution in [0.4, 0.5) is 0 Å². The largest absolute Gasteiger partial charge is 1.00 e. The maximum Gasteiger partial charge on any atom is 1.00 e. The molecule has 0 saturated carbocycles. The zero-order chi connectivity index (χ0) is 11.9. The average molecular weight is 234 g/mol. The molecule has 0 unspecified atom stereocenters. The van der Waals surface area contributed by atoms with E-state index < -0.39 is 0 Å². The van der Waals surface area contributed by atoms with E-state index in [1.165, 1.54) is 5.56 Å². The van der Waals surface area contributed by atoms with Gasteiger partial charge in [0.05, 0.1) is 0 Å². The summed E-state index contributed by atoms with van der Waals surface area (Å²) in [4.78, 5) is 0. The van der Waals surface area contributed by atoms with Crippen LogP contribution in [0.2, 0.25) is 0 Å². The van der Waals surface area contributed by atoms with Crippen molar-refractivity contribution in [1.82, 2.24) is 0 Å². The predicted octanol–water partition coefficient (Wildman–Crippen LogP) is 0.0643. The Morgan fingerprint density at radius 3 is 2.56 bits per heavy atom. The second-order valence-corrected chi connectivity index (χ2v) is 3.74. The fraction of sp³-hybridized carbons (Fsp3) is 0.200. The van der Waals surface area contributed by atoms with Gasteiger partial charge in [0.25, 0.3) is 0 Å². The molecule has 0 atom stereocenters. The van der Waals surface area contributed by atoms with Gasteiger partial charge in [-0.2, -0.15) is 18.2 Å². The zero-order valence-corrected chi connectivity index (χ0v) is 10.8. The first-order valence-electron chi connectivity index (χ1n) is 5.55. The van der Waals surface area contributed by atoms with Gasteiger partial charge >= 0.3 is 18.9 Å². The Labute approximate surface area is 120 Å². The molecule has 0 bridgehead atoms. The van der Waals surface area contributed by atoms with E-state index in [9.17, 15) is 0 Å². The van der Waals surface area contributed by atoms with E-state index in [1.54, 1.807) is 7.11 Å². The van der Waals surface area contributed by atoms with Crippen LogP contribution < -0.4 is 23.6 Å². The molecule has 0 aliphatic heterocycles. The van der Waals surface area contributed by atoms with Crippen molar-refractivity contribution in [2.75, 3.05) is 13.9 Å². The van der Waals surface area contributed by atoms with Crippen molar-refractivity contribution >= 4 is 0 Å². The second-order valence-electron chi connectivity index (χ2n) is 3.74. The fourth-order valence-corrected chi connectivity index (χ4v) is 1.66. The van der Waals surface area contributed by atoms with Gasteiger partial charge in [-0.1, -0.05) is 35.9 Å². The molecule has 0 aromatic heterocycles. The first-order chi connectivity index (χ1) is 8.40. The Bertz CT molecular complexity index is 457. The minimum Gasteiger partial charge on any atom is -0.493 e. The standard InChI is InChI=1S/C15H15O2.Li/c1-16-12-17-15-10-6-5-9-14(15)11-13-7-3-2-4-8-13;/h2-9H,11-12H2,1H3;/q-1;+1. The van der Waals surface area contributed by atoms with Crippen LogP contribution in [-0.4, -0.2) is 13.9 Å². The molecule has 2 rings (SSSR count). The summed E-state index contributed by atoms with van der Waals surface area (Å²) in [6.45, 7) is 0.252. The molecular formula is C15H15LiO2. The summed E-state index contributed by atoms with van der Waals surface area (Å²) < 4.78 is 10.4. The first-order valence-corrected chi connectivity index (χ1v) is 5.55. The summed E-state index contributed by atoms with van der Waals surface area (Å²) in [6.07, 6.45) is 0.844. The molecule has 0 saturated heterocycles. The maximum absolute atomic E-state index is 5.48. The molecule has 0 aliphatic rings. The third-order valence-electron chi connectivity index (χ3n) is 2.46. The van der Waals surface area contributed by atoms with Crippen LogP contribution in [0.5, 0.6) is 5.75 Å². The molecule has 0 fully saturated rings. The normalized spacial score (nSPS) is 9.61. The smallest absolute Gasteiger partial charge is 0.493 e. The summed E-state index contributed by atoms with van der Waals surface area (Å²) in [7, 11) is 1.61. The zero-order valence-electron chi connectivity index (χ0n) is 10.8. The Balaban J connectivity index is 0.00000162. The Hall–Kier alpha value is -1.20. The van der Waals surface area contributed by atoms with Crippen molar-refractivity contribution in [2.45, 2.75) is 6.42 Å². The quantitative estimate of drug-likeness (QED) is 0.414. The van der Waals surface area contributed by atoms with Crippen LogP contribution in [0.1, 0.15) is 11.1 Å². The molecule has 3 heteroatoms. The number of para-hydroxylation sites is 1. The van der Waals surface area contributed by atoms with Gasteiger partial charge in [-0.25, -0.2) is 0 Å².